The number of amides is 1. The summed E-state index contributed by atoms with van der Waals surface area (Å²) < 4.78 is 53.8. The van der Waals surface area contributed by atoms with Gasteiger partial charge in [-0.2, -0.15) is 15.8 Å². The van der Waals surface area contributed by atoms with Crippen LogP contribution in [0.25, 0.3) is 101 Å². The van der Waals surface area contributed by atoms with E-state index in [0.717, 1.165) is 38.9 Å². The number of nitriles is 3. The molecule has 0 unspecified atom stereocenters. The van der Waals surface area contributed by atoms with Gasteiger partial charge in [0.25, 0.3) is 5.91 Å². The van der Waals surface area contributed by atoms with Crippen LogP contribution >= 0.6 is 0 Å². The Morgan fingerprint density at radius 2 is 0.788 bits per heavy atom. The molecule has 482 valence electrons. The Kier molecular flexibility index (Phi) is 19.5. The Morgan fingerprint density at radius 1 is 0.434 bits per heavy atom. The van der Waals surface area contributed by atoms with E-state index in [9.17, 15) is 29.3 Å². The van der Waals surface area contributed by atoms with Crippen LogP contribution in [-0.4, -0.2) is 75.0 Å². The van der Waals surface area contributed by atoms with Crippen LogP contribution in [0.5, 0.6) is 23.0 Å². The highest BCUT2D eigenvalue weighted by atomic mass is 19.1. The number of pyridine rings is 5. The molecular formula is C79H54FN9O10. The molecule has 1 amide bonds. The second kappa shape index (κ2) is 29.6. The van der Waals surface area contributed by atoms with Gasteiger partial charge in [0.15, 0.2) is 16.7 Å². The average molecular weight is 1310 g/mol. The smallest absolute Gasteiger partial charge is 0.338 e. The van der Waals surface area contributed by atoms with Crippen LogP contribution in [0.1, 0.15) is 61.6 Å². The lowest BCUT2D eigenvalue weighted by Crippen LogP contribution is -2.21. The Hall–Kier alpha value is -13.9. The molecule has 0 atom stereocenters. The summed E-state index contributed by atoms with van der Waals surface area (Å²) in [6, 6.07) is 60.6. The Morgan fingerprint density at radius 3 is 1.13 bits per heavy atom. The van der Waals surface area contributed by atoms with Gasteiger partial charge < -0.3 is 37.1 Å². The zero-order valence-corrected chi connectivity index (χ0v) is 53.3. The minimum Gasteiger partial charge on any atom is -0.462 e. The maximum Gasteiger partial charge on any atom is 0.338 e. The molecule has 0 saturated heterocycles. The number of carbonyl (C=O) groups is 3. The molecule has 0 N–H and O–H groups in total. The molecule has 14 aromatic rings. The zero-order chi connectivity index (χ0) is 68.9. The summed E-state index contributed by atoms with van der Waals surface area (Å²) in [5, 5.41) is 28.5. The lowest BCUT2D eigenvalue weighted by atomic mass is 10.0. The van der Waals surface area contributed by atoms with Crippen LogP contribution in [0.3, 0.4) is 0 Å². The number of esters is 2. The lowest BCUT2D eigenvalue weighted by Gasteiger charge is -2.10. The van der Waals surface area contributed by atoms with Gasteiger partial charge in [-0.1, -0.05) is 54.6 Å². The first-order valence-corrected chi connectivity index (χ1v) is 30.8. The van der Waals surface area contributed by atoms with Crippen molar-refractivity contribution in [1.29, 1.82) is 15.8 Å². The third kappa shape index (κ3) is 14.6. The number of nitrogens with zero attached hydrogens (tertiary/aromatic N) is 9. The first kappa shape index (κ1) is 65.2. The highest BCUT2D eigenvalue weighted by Gasteiger charge is 2.20. The van der Waals surface area contributed by atoms with E-state index in [1.807, 2.05) is 66.7 Å². The fourth-order valence-corrected chi connectivity index (χ4v) is 10.5. The van der Waals surface area contributed by atoms with Crippen molar-refractivity contribution < 1.29 is 51.0 Å². The molecule has 6 aromatic carbocycles. The normalized spacial score (nSPS) is 10.6. The third-order valence-corrected chi connectivity index (χ3v) is 15.4. The Balaban J connectivity index is 0.000000142. The van der Waals surface area contributed by atoms with Gasteiger partial charge in [-0.3, -0.25) is 29.7 Å². The van der Waals surface area contributed by atoms with Crippen LogP contribution in [0.4, 0.5) is 4.39 Å². The summed E-state index contributed by atoms with van der Waals surface area (Å²) in [6.45, 7) is 4.16. The molecule has 0 bridgehead atoms. The summed E-state index contributed by atoms with van der Waals surface area (Å²) in [6.07, 6.45) is 11.5. The maximum atomic E-state index is 13.7. The van der Waals surface area contributed by atoms with Crippen LogP contribution in [0, 0.1) is 39.8 Å². The Labute approximate surface area is 565 Å². The highest BCUT2D eigenvalue weighted by molar-refractivity contribution is 5.97. The molecule has 99 heavy (non-hydrogen) atoms. The maximum absolute atomic E-state index is 13.7. The number of fused-ring (bicyclic) bond motifs is 3. The molecule has 20 heteroatoms. The molecule has 14 rings (SSSR count). The number of halogens is 1. The predicted molar refractivity (Wildman–Crippen MR) is 367 cm³/mol. The number of benzene rings is 6. The topological polar surface area (TPSA) is 267 Å². The highest BCUT2D eigenvalue weighted by Crippen LogP contribution is 2.40. The summed E-state index contributed by atoms with van der Waals surface area (Å²) in [4.78, 5) is 58.7. The molecule has 0 aliphatic rings. The van der Waals surface area contributed by atoms with Crippen LogP contribution in [0.2, 0.25) is 0 Å². The minimum atomic E-state index is -0.566. The van der Waals surface area contributed by atoms with E-state index < -0.39 is 5.82 Å². The summed E-state index contributed by atoms with van der Waals surface area (Å²) in [5.41, 5.74) is 13.0. The van der Waals surface area contributed by atoms with Crippen molar-refractivity contribution in [3.63, 3.8) is 0 Å². The van der Waals surface area contributed by atoms with Gasteiger partial charge in [0.05, 0.1) is 53.4 Å². The largest absolute Gasteiger partial charge is 0.462 e. The van der Waals surface area contributed by atoms with Gasteiger partial charge in [-0.05, 0) is 146 Å². The minimum absolute atomic E-state index is 0.0335. The van der Waals surface area contributed by atoms with Gasteiger partial charge in [-0.15, -0.1) is 0 Å². The van der Waals surface area contributed by atoms with Crippen molar-refractivity contribution in [2.24, 2.45) is 0 Å². The average Bonchev–Trinajstić information content (AvgIpc) is 1.68. The van der Waals surface area contributed by atoms with E-state index in [2.05, 4.69) is 37.1 Å². The van der Waals surface area contributed by atoms with E-state index in [-0.39, 0.29) is 23.4 Å². The van der Waals surface area contributed by atoms with E-state index in [1.54, 1.807) is 187 Å². The van der Waals surface area contributed by atoms with Gasteiger partial charge >= 0.3 is 11.9 Å². The van der Waals surface area contributed by atoms with Crippen LogP contribution in [-0.2, 0) is 9.47 Å². The molecule has 19 nitrogen and oxygen atoms in total. The summed E-state index contributed by atoms with van der Waals surface area (Å²) in [5.74, 6) is 2.46. The summed E-state index contributed by atoms with van der Waals surface area (Å²) in [7, 11) is 3.44. The van der Waals surface area contributed by atoms with Crippen LogP contribution in [0.15, 0.2) is 245 Å². The molecule has 0 fully saturated rings. The van der Waals surface area contributed by atoms with Gasteiger partial charge in [0.1, 0.15) is 80.9 Å². The molecule has 0 saturated carbocycles. The first-order chi connectivity index (χ1) is 48.3. The molecule has 8 heterocycles. The van der Waals surface area contributed by atoms with E-state index in [4.69, 9.17) is 37.5 Å². The fourth-order valence-electron chi connectivity index (χ4n) is 10.5. The molecule has 0 aliphatic carbocycles. The fraction of sp³-hybridized carbons (Fsp3) is 0.0759. The third-order valence-electron chi connectivity index (χ3n) is 15.4. The van der Waals surface area contributed by atoms with E-state index in [1.165, 1.54) is 17.0 Å². The quantitative estimate of drug-likeness (QED) is 0.0863. The number of hydrogen-bond donors (Lipinski definition) is 0. The number of hydrogen-bond acceptors (Lipinski definition) is 18. The number of furan rings is 3. The Bertz CT molecular complexity index is 5440. The van der Waals surface area contributed by atoms with Crippen molar-refractivity contribution in [2.45, 2.75) is 13.8 Å². The number of ether oxygens (including phenoxy) is 4. The standard InChI is InChI=1S/C28H20N4O3.C28H19N3O4.C23H15FN2O3/c1-32(2)28(33)19-7-5-18(6-8-19)26-15-24-27(35-26)23(11-13-31-24)20-9-10-25(21(14-20)16-29)34-22-4-3-12-30-17-22;1-2-33-28(32)19-7-5-18(6-8-19)26-15-24-27(35-26)23(11-13-31-24)20-9-10-25(21(14-20)16-29)34-22-4-3-12-30-17-22;1-2-28-23(27)15-5-3-14(4-6-15)21-12-20-22(29-21)18(9-10-26-20)16-7-8-19(24)17(11-16)13-25/h3-15,17H,1-2H3;3-15,17H,2H2,1H3;3-12H,2H2,1H3. The molecule has 0 aliphatic heterocycles. The van der Waals surface area contributed by atoms with Crippen molar-refractivity contribution >= 4 is 51.1 Å². The second-order valence-electron chi connectivity index (χ2n) is 22.0. The monoisotopic (exact) mass is 1310 g/mol. The van der Waals surface area contributed by atoms with E-state index >= 15 is 0 Å². The molecule has 8 aromatic heterocycles. The van der Waals surface area contributed by atoms with E-state index in [0.29, 0.717) is 126 Å². The number of carbonyl (C=O) groups excluding carboxylic acids is 3. The first-order valence-electron chi connectivity index (χ1n) is 30.8. The summed E-state index contributed by atoms with van der Waals surface area (Å²) >= 11 is 0. The van der Waals surface area contributed by atoms with Crippen molar-refractivity contribution in [3.8, 4) is 109 Å². The number of aromatic nitrogens is 5. The van der Waals surface area contributed by atoms with Gasteiger partial charge in [0, 0.05) is 102 Å². The predicted octanol–water partition coefficient (Wildman–Crippen LogP) is 17.7. The van der Waals surface area contributed by atoms with Crippen molar-refractivity contribution in [2.75, 3.05) is 27.3 Å². The molecule has 0 radical (unpaired) electrons. The van der Waals surface area contributed by atoms with Crippen molar-refractivity contribution in [3.05, 3.63) is 271 Å². The molecule has 0 spiro atoms. The number of rotatable bonds is 15. The van der Waals surface area contributed by atoms with Gasteiger partial charge in [0.2, 0.25) is 0 Å². The van der Waals surface area contributed by atoms with Crippen molar-refractivity contribution in [1.82, 2.24) is 29.8 Å². The van der Waals surface area contributed by atoms with Gasteiger partial charge in [-0.25, -0.2) is 14.0 Å². The lowest BCUT2D eigenvalue weighted by molar-refractivity contribution is 0.0517. The molecular weight excluding hydrogens is 1250 g/mol. The second-order valence-corrected chi connectivity index (χ2v) is 22.0. The zero-order valence-electron chi connectivity index (χ0n) is 53.3. The SMILES string of the molecule is CCOC(=O)c1ccc(-c2cc3nccc(-c4ccc(F)c(C#N)c4)c3o2)cc1.CCOC(=O)c1ccc(-c2cc3nccc(-c4ccc(Oc5cccnc5)c(C#N)c4)c3o2)cc1.CN(C)C(=O)c1ccc(-c2cc3nccc(-c4ccc(Oc5cccnc5)c(C#N)c4)c3o2)cc1. The van der Waals surface area contributed by atoms with Crippen LogP contribution < -0.4 is 9.47 Å².